The van der Waals surface area contributed by atoms with Crippen molar-refractivity contribution in [3.05, 3.63) is 28.5 Å². The van der Waals surface area contributed by atoms with Gasteiger partial charge in [0.2, 0.25) is 10.0 Å². The zero-order valence-corrected chi connectivity index (χ0v) is 10.2. The van der Waals surface area contributed by atoms with E-state index in [2.05, 4.69) is 15.9 Å². The summed E-state index contributed by atoms with van der Waals surface area (Å²) in [5.41, 5.74) is 0.0858. The van der Waals surface area contributed by atoms with Gasteiger partial charge in [-0.15, -0.1) is 0 Å². The first-order valence-electron chi connectivity index (χ1n) is 3.97. The molecule has 0 bridgehead atoms. The van der Waals surface area contributed by atoms with Crippen LogP contribution in [0.4, 0.5) is 10.1 Å². The van der Waals surface area contributed by atoms with Crippen LogP contribution in [0.2, 0.25) is 0 Å². The number of sulfonamides is 1. The molecule has 8 heteroatoms. The van der Waals surface area contributed by atoms with Gasteiger partial charge in [0, 0.05) is 4.47 Å². The van der Waals surface area contributed by atoms with Crippen molar-refractivity contribution < 1.29 is 22.7 Å². The van der Waals surface area contributed by atoms with E-state index in [1.165, 1.54) is 6.07 Å². The van der Waals surface area contributed by atoms with Gasteiger partial charge in [0.15, 0.2) is 5.75 Å². The molecule has 0 radical (unpaired) electrons. The van der Waals surface area contributed by atoms with Crippen LogP contribution in [0.25, 0.3) is 0 Å². The predicted molar refractivity (Wildman–Crippen MR) is 59.1 cm³/mol. The molecule has 0 saturated carbocycles. The fourth-order valence-corrected chi connectivity index (χ4v) is 2.43. The second-order valence-electron chi connectivity index (χ2n) is 2.88. The first-order valence-corrected chi connectivity index (χ1v) is 6.42. The van der Waals surface area contributed by atoms with Crippen LogP contribution in [0.1, 0.15) is 0 Å². The van der Waals surface area contributed by atoms with Crippen molar-refractivity contribution in [3.8, 4) is 0 Å². The minimum Gasteiger partial charge on any atom is -0.480 e. The highest BCUT2D eigenvalue weighted by Crippen LogP contribution is 2.23. The normalized spacial score (nSPS) is 11.1. The van der Waals surface area contributed by atoms with E-state index in [9.17, 15) is 17.6 Å². The Hall–Kier alpha value is -1.15. The Bertz CT molecular complexity index is 517. The van der Waals surface area contributed by atoms with Crippen molar-refractivity contribution in [1.82, 2.24) is 0 Å². The molecule has 1 aromatic rings. The minimum absolute atomic E-state index is 0.0858. The number of hydrogen-bond donors (Lipinski definition) is 2. The van der Waals surface area contributed by atoms with Crippen LogP contribution >= 0.6 is 15.9 Å². The second kappa shape index (κ2) is 4.79. The molecule has 0 saturated heterocycles. The molecule has 0 aliphatic heterocycles. The molecule has 1 rings (SSSR count). The number of aliphatic carboxylic acids is 1. The van der Waals surface area contributed by atoms with Crippen LogP contribution in [0.15, 0.2) is 22.7 Å². The summed E-state index contributed by atoms with van der Waals surface area (Å²) in [5, 5.41) is 8.35. The van der Waals surface area contributed by atoms with Crippen molar-refractivity contribution in [2.24, 2.45) is 0 Å². The third kappa shape index (κ3) is 3.78. The van der Waals surface area contributed by atoms with Gasteiger partial charge in [-0.3, -0.25) is 9.52 Å². The highest BCUT2D eigenvalue weighted by molar-refractivity contribution is 9.10. The van der Waals surface area contributed by atoms with Gasteiger partial charge >= 0.3 is 5.97 Å². The number of hydrogen-bond acceptors (Lipinski definition) is 3. The Kier molecular flexibility index (Phi) is 3.87. The van der Waals surface area contributed by atoms with E-state index in [4.69, 9.17) is 5.11 Å². The van der Waals surface area contributed by atoms with E-state index >= 15 is 0 Å². The Balaban J connectivity index is 2.92. The number of rotatable bonds is 4. The van der Waals surface area contributed by atoms with Crippen LogP contribution in [0, 0.1) is 5.82 Å². The smallest absolute Gasteiger partial charge is 0.320 e. The van der Waals surface area contributed by atoms with E-state index in [-0.39, 0.29) is 10.2 Å². The maximum atomic E-state index is 12.7. The largest absolute Gasteiger partial charge is 0.480 e. The van der Waals surface area contributed by atoms with Crippen molar-refractivity contribution in [2.75, 3.05) is 10.5 Å². The highest BCUT2D eigenvalue weighted by Gasteiger charge is 2.16. The average molecular weight is 312 g/mol. The average Bonchev–Trinajstić information content (AvgIpc) is 2.07. The molecule has 0 aliphatic carbocycles. The molecule has 0 spiro atoms. The molecular formula is C8H7BrFNO4S. The van der Waals surface area contributed by atoms with Crippen LogP contribution in [0.5, 0.6) is 0 Å². The van der Waals surface area contributed by atoms with E-state index in [0.717, 1.165) is 12.1 Å². The minimum atomic E-state index is -3.97. The summed E-state index contributed by atoms with van der Waals surface area (Å²) >= 11 is 2.95. The van der Waals surface area contributed by atoms with E-state index in [0.29, 0.717) is 0 Å². The fourth-order valence-electron chi connectivity index (χ4n) is 0.938. The lowest BCUT2D eigenvalue weighted by Crippen LogP contribution is -2.22. The lowest BCUT2D eigenvalue weighted by Gasteiger charge is -2.07. The number of anilines is 1. The molecule has 0 amide bonds. The maximum Gasteiger partial charge on any atom is 0.320 e. The molecule has 2 N–H and O–H groups in total. The van der Waals surface area contributed by atoms with Crippen LogP contribution in [-0.4, -0.2) is 25.2 Å². The number of halogens is 2. The molecule has 0 aromatic heterocycles. The predicted octanol–water partition coefficient (Wildman–Crippen LogP) is 1.41. The van der Waals surface area contributed by atoms with Gasteiger partial charge in [-0.05, 0) is 34.1 Å². The van der Waals surface area contributed by atoms with Gasteiger partial charge in [-0.2, -0.15) is 0 Å². The summed E-state index contributed by atoms with van der Waals surface area (Å²) in [5.74, 6) is -3.05. The van der Waals surface area contributed by atoms with E-state index in [1.54, 1.807) is 0 Å². The summed E-state index contributed by atoms with van der Waals surface area (Å²) < 4.78 is 37.4. The SMILES string of the molecule is O=C(O)CS(=O)(=O)Nc1ccc(F)cc1Br. The Morgan fingerprint density at radius 2 is 2.12 bits per heavy atom. The number of carboxylic acid groups (broad SMARTS) is 1. The number of carboxylic acids is 1. The molecule has 0 fully saturated rings. The molecule has 88 valence electrons. The first kappa shape index (κ1) is 12.9. The number of carbonyl (C=O) groups is 1. The van der Waals surface area contributed by atoms with Crippen LogP contribution < -0.4 is 4.72 Å². The van der Waals surface area contributed by atoms with Gasteiger partial charge < -0.3 is 5.11 Å². The van der Waals surface area contributed by atoms with Crippen molar-refractivity contribution >= 4 is 37.6 Å². The zero-order valence-electron chi connectivity index (χ0n) is 7.78. The molecule has 5 nitrogen and oxygen atoms in total. The molecule has 0 heterocycles. The monoisotopic (exact) mass is 311 g/mol. The molecule has 0 aliphatic rings. The molecular weight excluding hydrogens is 305 g/mol. The zero-order chi connectivity index (χ0) is 12.3. The van der Waals surface area contributed by atoms with E-state index in [1.807, 2.05) is 4.72 Å². The molecule has 0 unspecified atom stereocenters. The summed E-state index contributed by atoms with van der Waals surface area (Å²) in [6.45, 7) is 0. The van der Waals surface area contributed by atoms with Gasteiger partial charge in [0.1, 0.15) is 5.82 Å². The number of benzene rings is 1. The highest BCUT2D eigenvalue weighted by atomic mass is 79.9. The fraction of sp³-hybridized carbons (Fsp3) is 0.125. The van der Waals surface area contributed by atoms with Gasteiger partial charge in [0.25, 0.3) is 0 Å². The van der Waals surface area contributed by atoms with Gasteiger partial charge in [-0.1, -0.05) is 0 Å². The number of nitrogens with one attached hydrogen (secondary N) is 1. The van der Waals surface area contributed by atoms with Gasteiger partial charge in [-0.25, -0.2) is 12.8 Å². The standard InChI is InChI=1S/C8H7BrFNO4S/c9-6-3-5(10)1-2-7(6)11-16(14,15)4-8(12)13/h1-3,11H,4H2,(H,12,13). The summed E-state index contributed by atoms with van der Waals surface area (Å²) in [7, 11) is -3.97. The topological polar surface area (TPSA) is 83.5 Å². The lowest BCUT2D eigenvalue weighted by atomic mass is 10.3. The van der Waals surface area contributed by atoms with Crippen molar-refractivity contribution in [1.29, 1.82) is 0 Å². The maximum absolute atomic E-state index is 12.7. The second-order valence-corrected chi connectivity index (χ2v) is 5.46. The lowest BCUT2D eigenvalue weighted by molar-refractivity contribution is -0.134. The van der Waals surface area contributed by atoms with E-state index < -0.39 is 27.6 Å². The Morgan fingerprint density at radius 3 is 2.62 bits per heavy atom. The van der Waals surface area contributed by atoms with Crippen LogP contribution in [-0.2, 0) is 14.8 Å². The Morgan fingerprint density at radius 1 is 1.50 bits per heavy atom. The molecule has 16 heavy (non-hydrogen) atoms. The molecule has 0 atom stereocenters. The third-order valence-electron chi connectivity index (χ3n) is 1.51. The summed E-state index contributed by atoms with van der Waals surface area (Å²) in [4.78, 5) is 10.3. The van der Waals surface area contributed by atoms with Gasteiger partial charge in [0.05, 0.1) is 5.69 Å². The van der Waals surface area contributed by atoms with Crippen molar-refractivity contribution in [3.63, 3.8) is 0 Å². The first-order chi connectivity index (χ1) is 7.30. The Labute approximate surface area is 99.5 Å². The summed E-state index contributed by atoms with van der Waals surface area (Å²) in [6.07, 6.45) is 0. The molecule has 1 aromatic carbocycles. The van der Waals surface area contributed by atoms with Crippen LogP contribution in [0.3, 0.4) is 0 Å². The summed E-state index contributed by atoms with van der Waals surface area (Å²) in [6, 6.07) is 3.32. The van der Waals surface area contributed by atoms with Crippen molar-refractivity contribution in [2.45, 2.75) is 0 Å². The third-order valence-corrected chi connectivity index (χ3v) is 3.32. The quantitative estimate of drug-likeness (QED) is 0.880.